The van der Waals surface area contributed by atoms with Crippen molar-refractivity contribution in [3.8, 4) is 23.0 Å². The Morgan fingerprint density at radius 3 is 2.10 bits per heavy atom. The highest BCUT2D eigenvalue weighted by atomic mass is 16.5. The lowest BCUT2D eigenvalue weighted by molar-refractivity contribution is -0.134. The minimum Gasteiger partial charge on any atom is -0.493 e. The average Bonchev–Trinajstić information content (AvgIpc) is 3.66. The molecule has 4 aromatic carbocycles. The molecule has 52 heavy (non-hydrogen) atoms. The maximum Gasteiger partial charge on any atom is 0.330 e. The second-order valence-electron chi connectivity index (χ2n) is 12.9. The van der Waals surface area contributed by atoms with Crippen LogP contribution in [0.3, 0.4) is 0 Å². The molecule has 4 aromatic rings. The summed E-state index contributed by atoms with van der Waals surface area (Å²) in [7, 11) is 4.29. The Hall–Kier alpha value is -6.30. The van der Waals surface area contributed by atoms with Crippen LogP contribution in [-0.2, 0) is 22.4 Å². The van der Waals surface area contributed by atoms with Gasteiger partial charge >= 0.3 is 5.97 Å². The van der Waals surface area contributed by atoms with Crippen molar-refractivity contribution in [1.29, 1.82) is 0 Å². The standard InChI is InChI=1S/C40H36N4O8/c1-48-34-15-28-30(41-19-26-13-24-8-4-6-10-32(24)43(26)39(28)46)17-36(34)51-21-23(12-38(45)50-3)22-52-37-18-31-29(16-35(37)49-2)40(47)44-27(20-42-31)14-25-9-5-7-11-33(25)44/h4-12,15-19,26-27,42H,13-14,20-22H2,1-3H3. The van der Waals surface area contributed by atoms with Gasteiger partial charge in [0.2, 0.25) is 0 Å². The topological polar surface area (TPSA) is 128 Å². The van der Waals surface area contributed by atoms with Crippen molar-refractivity contribution in [3.63, 3.8) is 0 Å². The lowest BCUT2D eigenvalue weighted by Crippen LogP contribution is -2.39. The Balaban J connectivity index is 1.02. The van der Waals surface area contributed by atoms with Crippen LogP contribution in [0.2, 0.25) is 0 Å². The number of hydrogen-bond acceptors (Lipinski definition) is 10. The summed E-state index contributed by atoms with van der Waals surface area (Å²) in [5.74, 6) is 0.506. The van der Waals surface area contributed by atoms with E-state index < -0.39 is 5.97 Å². The fourth-order valence-electron chi connectivity index (χ4n) is 7.29. The van der Waals surface area contributed by atoms with Crippen LogP contribution >= 0.6 is 0 Å². The summed E-state index contributed by atoms with van der Waals surface area (Å²) in [5, 5.41) is 3.43. The number of amides is 2. The molecular weight excluding hydrogens is 664 g/mol. The third-order valence-corrected chi connectivity index (χ3v) is 9.83. The minimum absolute atomic E-state index is 0.0259. The molecule has 0 bridgehead atoms. The van der Waals surface area contributed by atoms with E-state index in [2.05, 4.69) is 16.4 Å². The van der Waals surface area contributed by atoms with Gasteiger partial charge in [0.1, 0.15) is 13.2 Å². The van der Waals surface area contributed by atoms with Crippen LogP contribution in [0.5, 0.6) is 23.0 Å². The SMILES string of the molecule is COC(=O)C=C(COc1cc2c(cc1OC)C(=O)N1c3ccccc3CC1C=N2)COc1cc2c(cc1OC)C(=O)N1c3ccccc3CC1CN2. The average molecular weight is 701 g/mol. The maximum absolute atomic E-state index is 13.9. The van der Waals surface area contributed by atoms with Crippen molar-refractivity contribution in [2.24, 2.45) is 4.99 Å². The van der Waals surface area contributed by atoms with E-state index in [0.717, 1.165) is 28.9 Å². The zero-order valence-electron chi connectivity index (χ0n) is 28.9. The molecular formula is C40H36N4O8. The number of para-hydroxylation sites is 2. The number of rotatable bonds is 9. The molecule has 0 radical (unpaired) electrons. The van der Waals surface area contributed by atoms with E-state index in [1.165, 1.54) is 27.4 Å². The molecule has 1 N–H and O–H groups in total. The molecule has 12 nitrogen and oxygen atoms in total. The third kappa shape index (κ3) is 5.75. The first-order chi connectivity index (χ1) is 25.4. The summed E-state index contributed by atoms with van der Waals surface area (Å²) in [4.78, 5) is 48.4. The summed E-state index contributed by atoms with van der Waals surface area (Å²) in [6.45, 7) is 0.412. The zero-order chi connectivity index (χ0) is 35.9. The van der Waals surface area contributed by atoms with Gasteiger partial charge in [0.15, 0.2) is 23.0 Å². The Bertz CT molecular complexity index is 2180. The van der Waals surface area contributed by atoms with Crippen LogP contribution in [0, 0.1) is 0 Å². The molecule has 4 aliphatic heterocycles. The van der Waals surface area contributed by atoms with Crippen LogP contribution in [0.1, 0.15) is 31.8 Å². The fourth-order valence-corrected chi connectivity index (χ4v) is 7.29. The van der Waals surface area contributed by atoms with Gasteiger partial charge in [-0.3, -0.25) is 19.5 Å². The predicted octanol–water partition coefficient (Wildman–Crippen LogP) is 5.55. The van der Waals surface area contributed by atoms with Gasteiger partial charge in [-0.15, -0.1) is 0 Å². The van der Waals surface area contributed by atoms with Gasteiger partial charge in [-0.05, 0) is 41.8 Å². The molecule has 0 spiro atoms. The van der Waals surface area contributed by atoms with Crippen LogP contribution in [-0.4, -0.2) is 77.2 Å². The van der Waals surface area contributed by atoms with E-state index in [1.54, 1.807) is 35.4 Å². The fraction of sp³-hybridized carbons (Fsp3) is 0.250. The van der Waals surface area contributed by atoms with E-state index >= 15 is 0 Å². The molecule has 12 heteroatoms. The number of ether oxygens (including phenoxy) is 5. The number of benzene rings is 4. The van der Waals surface area contributed by atoms with Crippen molar-refractivity contribution in [3.05, 3.63) is 107 Å². The highest BCUT2D eigenvalue weighted by Gasteiger charge is 2.38. The number of nitrogens with zero attached hydrogens (tertiary/aromatic N) is 3. The van der Waals surface area contributed by atoms with E-state index in [-0.39, 0.29) is 37.1 Å². The molecule has 8 rings (SSSR count). The first kappa shape index (κ1) is 32.9. The minimum atomic E-state index is -0.589. The highest BCUT2D eigenvalue weighted by Crippen LogP contribution is 2.42. The predicted molar refractivity (Wildman–Crippen MR) is 195 cm³/mol. The Morgan fingerprint density at radius 1 is 0.788 bits per heavy atom. The molecule has 2 amide bonds. The van der Waals surface area contributed by atoms with Crippen LogP contribution in [0.25, 0.3) is 0 Å². The number of nitrogens with one attached hydrogen (secondary N) is 1. The molecule has 4 heterocycles. The molecule has 2 unspecified atom stereocenters. The number of esters is 1. The highest BCUT2D eigenvalue weighted by molar-refractivity contribution is 6.15. The number of aliphatic imine (C=N–C) groups is 1. The van der Waals surface area contributed by atoms with Crippen molar-refractivity contribution in [1.82, 2.24) is 0 Å². The summed E-state index contributed by atoms with van der Waals surface area (Å²) in [5.41, 5.74) is 6.39. The van der Waals surface area contributed by atoms with Gasteiger partial charge in [-0.2, -0.15) is 0 Å². The van der Waals surface area contributed by atoms with Crippen molar-refractivity contribution < 1.29 is 38.1 Å². The second kappa shape index (κ2) is 13.4. The van der Waals surface area contributed by atoms with E-state index in [9.17, 15) is 14.4 Å². The van der Waals surface area contributed by atoms with E-state index in [0.29, 0.717) is 64.0 Å². The van der Waals surface area contributed by atoms with Gasteiger partial charge in [-0.1, -0.05) is 36.4 Å². The molecule has 264 valence electrons. The largest absolute Gasteiger partial charge is 0.493 e. The Kier molecular flexibility index (Phi) is 8.50. The monoisotopic (exact) mass is 700 g/mol. The van der Waals surface area contributed by atoms with Crippen LogP contribution in [0.4, 0.5) is 22.7 Å². The third-order valence-electron chi connectivity index (χ3n) is 9.83. The lowest BCUT2D eigenvalue weighted by Gasteiger charge is -2.23. The van der Waals surface area contributed by atoms with Crippen LogP contribution in [0.15, 0.2) is 89.4 Å². The van der Waals surface area contributed by atoms with Crippen molar-refractivity contribution in [2.75, 3.05) is 56.2 Å². The molecule has 0 saturated carbocycles. The van der Waals surface area contributed by atoms with Gasteiger partial charge in [-0.25, -0.2) is 4.79 Å². The summed E-state index contributed by atoms with van der Waals surface area (Å²) >= 11 is 0. The molecule has 0 fully saturated rings. The molecule has 0 saturated heterocycles. The quantitative estimate of drug-likeness (QED) is 0.177. The number of fused-ring (bicyclic) bond motifs is 8. The number of anilines is 3. The normalized spacial score (nSPS) is 18.1. The Labute approximate surface area is 300 Å². The number of carbonyl (C=O) groups is 3. The van der Waals surface area contributed by atoms with Crippen molar-refractivity contribution >= 4 is 46.7 Å². The molecule has 4 aliphatic rings. The second-order valence-corrected chi connectivity index (χ2v) is 12.9. The number of methoxy groups -OCH3 is 3. The van der Waals surface area contributed by atoms with E-state index in [4.69, 9.17) is 23.7 Å². The maximum atomic E-state index is 13.9. The number of hydrogen-bond donors (Lipinski definition) is 1. The van der Waals surface area contributed by atoms with E-state index in [1.807, 2.05) is 47.4 Å². The first-order valence-corrected chi connectivity index (χ1v) is 16.9. The smallest absolute Gasteiger partial charge is 0.330 e. The van der Waals surface area contributed by atoms with Crippen molar-refractivity contribution in [2.45, 2.75) is 24.9 Å². The van der Waals surface area contributed by atoms with Gasteiger partial charge < -0.3 is 33.9 Å². The van der Waals surface area contributed by atoms with Gasteiger partial charge in [0.25, 0.3) is 11.8 Å². The molecule has 2 atom stereocenters. The van der Waals surface area contributed by atoms with Gasteiger partial charge in [0.05, 0.1) is 55.9 Å². The molecule has 0 aromatic heterocycles. The first-order valence-electron chi connectivity index (χ1n) is 16.9. The Morgan fingerprint density at radius 2 is 1.40 bits per heavy atom. The molecule has 0 aliphatic carbocycles. The summed E-state index contributed by atoms with van der Waals surface area (Å²) < 4.78 is 28.6. The van der Waals surface area contributed by atoms with Gasteiger partial charge in [0, 0.05) is 54.3 Å². The zero-order valence-corrected chi connectivity index (χ0v) is 28.9. The summed E-state index contributed by atoms with van der Waals surface area (Å²) in [6.07, 6.45) is 4.52. The summed E-state index contributed by atoms with van der Waals surface area (Å²) in [6, 6.07) is 22.3. The lowest BCUT2D eigenvalue weighted by atomic mass is 10.1. The van der Waals surface area contributed by atoms with Crippen LogP contribution < -0.4 is 34.1 Å². The number of carbonyl (C=O) groups excluding carboxylic acids is 3.